The van der Waals surface area contributed by atoms with Crippen LogP contribution in [0.2, 0.25) is 0 Å². The molecule has 6 heteroatoms. The minimum absolute atomic E-state index is 0.0928. The summed E-state index contributed by atoms with van der Waals surface area (Å²) >= 11 is 0. The molecule has 2 rings (SSSR count). The van der Waals surface area contributed by atoms with Gasteiger partial charge in [0.2, 0.25) is 0 Å². The Morgan fingerprint density at radius 1 is 1.33 bits per heavy atom. The number of halogens is 3. The van der Waals surface area contributed by atoms with Gasteiger partial charge in [0.05, 0.1) is 18.6 Å². The van der Waals surface area contributed by atoms with Crippen molar-refractivity contribution in [2.24, 2.45) is 11.8 Å². The van der Waals surface area contributed by atoms with E-state index in [1.165, 1.54) is 25.3 Å². The lowest BCUT2D eigenvalue weighted by Crippen LogP contribution is -2.34. The molecule has 116 valence electrons. The summed E-state index contributed by atoms with van der Waals surface area (Å²) < 4.78 is 48.6. The number of ether oxygens (including phenoxy) is 2. The average molecular weight is 302 g/mol. The Balaban J connectivity index is 2.09. The van der Waals surface area contributed by atoms with E-state index in [0.717, 1.165) is 25.3 Å². The van der Waals surface area contributed by atoms with Gasteiger partial charge in [-0.3, -0.25) is 4.79 Å². The van der Waals surface area contributed by atoms with E-state index in [1.807, 2.05) is 0 Å². The van der Waals surface area contributed by atoms with Gasteiger partial charge in [-0.25, -0.2) is 0 Å². The van der Waals surface area contributed by atoms with Crippen LogP contribution in [0, 0.1) is 11.8 Å². The van der Waals surface area contributed by atoms with Crippen molar-refractivity contribution in [2.75, 3.05) is 13.7 Å². The Morgan fingerprint density at radius 3 is 2.52 bits per heavy atom. The first-order valence-corrected chi connectivity index (χ1v) is 6.80. The van der Waals surface area contributed by atoms with E-state index in [2.05, 4.69) is 0 Å². The van der Waals surface area contributed by atoms with Gasteiger partial charge in [0.15, 0.2) is 0 Å². The molecule has 0 aromatic heterocycles. The van der Waals surface area contributed by atoms with Crippen LogP contribution in [0.15, 0.2) is 24.3 Å². The normalized spacial score (nSPS) is 17.0. The fourth-order valence-electron chi connectivity index (χ4n) is 2.40. The number of benzene rings is 1. The molecule has 0 N–H and O–H groups in total. The van der Waals surface area contributed by atoms with Crippen molar-refractivity contribution in [3.8, 4) is 5.75 Å². The largest absolute Gasteiger partial charge is 0.492 e. The second-order valence-electron chi connectivity index (χ2n) is 5.13. The summed E-state index contributed by atoms with van der Waals surface area (Å²) in [5.41, 5.74) is -0.831. The molecule has 0 heterocycles. The maximum atomic E-state index is 12.9. The van der Waals surface area contributed by atoms with Crippen LogP contribution in [0.25, 0.3) is 0 Å². The third kappa shape index (κ3) is 3.68. The van der Waals surface area contributed by atoms with E-state index in [0.29, 0.717) is 0 Å². The summed E-state index contributed by atoms with van der Waals surface area (Å²) in [5, 5.41) is 0. The van der Waals surface area contributed by atoms with Crippen LogP contribution >= 0.6 is 0 Å². The van der Waals surface area contributed by atoms with E-state index in [4.69, 9.17) is 9.47 Å². The Bertz CT molecular complexity index is 495. The predicted octanol–water partition coefficient (Wildman–Crippen LogP) is 3.67. The van der Waals surface area contributed by atoms with Crippen molar-refractivity contribution >= 4 is 5.97 Å². The van der Waals surface area contributed by atoms with Gasteiger partial charge in [-0.2, -0.15) is 13.2 Å². The molecule has 0 radical (unpaired) electrons. The van der Waals surface area contributed by atoms with Crippen LogP contribution < -0.4 is 4.74 Å². The SMILES string of the molecule is COC(=O)C(COc1ccccc1C(F)(F)F)C1CCC1. The number of rotatable bonds is 5. The molecule has 1 aromatic rings. The molecule has 0 saturated heterocycles. The van der Waals surface area contributed by atoms with Gasteiger partial charge in [-0.15, -0.1) is 0 Å². The number of carbonyl (C=O) groups excluding carboxylic acids is 1. The topological polar surface area (TPSA) is 35.5 Å². The van der Waals surface area contributed by atoms with E-state index in [9.17, 15) is 18.0 Å². The molecule has 1 atom stereocenters. The highest BCUT2D eigenvalue weighted by Crippen LogP contribution is 2.38. The predicted molar refractivity (Wildman–Crippen MR) is 69.8 cm³/mol. The number of esters is 1. The van der Waals surface area contributed by atoms with Crippen LogP contribution in [0.5, 0.6) is 5.75 Å². The number of methoxy groups -OCH3 is 1. The Morgan fingerprint density at radius 2 is 2.00 bits per heavy atom. The van der Waals surface area contributed by atoms with Crippen LogP contribution in [0.3, 0.4) is 0 Å². The first-order valence-electron chi connectivity index (χ1n) is 6.80. The van der Waals surface area contributed by atoms with Gasteiger partial charge in [-0.1, -0.05) is 18.6 Å². The molecule has 0 aliphatic heterocycles. The van der Waals surface area contributed by atoms with Gasteiger partial charge in [-0.05, 0) is 30.9 Å². The highest BCUT2D eigenvalue weighted by Gasteiger charge is 2.36. The van der Waals surface area contributed by atoms with Crippen LogP contribution in [0.1, 0.15) is 24.8 Å². The average Bonchev–Trinajstić information content (AvgIpc) is 2.39. The van der Waals surface area contributed by atoms with Crippen molar-refractivity contribution in [2.45, 2.75) is 25.4 Å². The highest BCUT2D eigenvalue weighted by atomic mass is 19.4. The lowest BCUT2D eigenvalue weighted by Gasteiger charge is -2.31. The van der Waals surface area contributed by atoms with Gasteiger partial charge in [0.25, 0.3) is 0 Å². The fourth-order valence-corrected chi connectivity index (χ4v) is 2.40. The van der Waals surface area contributed by atoms with Crippen molar-refractivity contribution in [1.82, 2.24) is 0 Å². The molecule has 1 aliphatic rings. The second-order valence-corrected chi connectivity index (χ2v) is 5.13. The number of alkyl halides is 3. The molecule has 1 unspecified atom stereocenters. The zero-order valence-corrected chi connectivity index (χ0v) is 11.7. The molecule has 0 spiro atoms. The molecule has 0 bridgehead atoms. The maximum Gasteiger partial charge on any atom is 0.419 e. The summed E-state index contributed by atoms with van der Waals surface area (Å²) in [6, 6.07) is 5.00. The Hall–Kier alpha value is -1.72. The minimum Gasteiger partial charge on any atom is -0.492 e. The summed E-state index contributed by atoms with van der Waals surface area (Å²) in [5.74, 6) is -1.05. The Kier molecular flexibility index (Phi) is 4.75. The smallest absolute Gasteiger partial charge is 0.419 e. The fraction of sp³-hybridized carbons (Fsp3) is 0.533. The molecule has 21 heavy (non-hydrogen) atoms. The lowest BCUT2D eigenvalue weighted by molar-refractivity contribution is -0.150. The second kappa shape index (κ2) is 6.37. The van der Waals surface area contributed by atoms with Crippen molar-refractivity contribution in [3.05, 3.63) is 29.8 Å². The number of hydrogen-bond donors (Lipinski definition) is 0. The van der Waals surface area contributed by atoms with E-state index < -0.39 is 23.6 Å². The van der Waals surface area contributed by atoms with Crippen molar-refractivity contribution in [3.63, 3.8) is 0 Å². The lowest BCUT2D eigenvalue weighted by atomic mass is 9.76. The summed E-state index contributed by atoms with van der Waals surface area (Å²) in [7, 11) is 1.28. The van der Waals surface area contributed by atoms with Crippen LogP contribution in [-0.2, 0) is 15.7 Å². The molecule has 1 aromatic carbocycles. The molecule has 1 saturated carbocycles. The van der Waals surface area contributed by atoms with E-state index >= 15 is 0 Å². The first-order chi connectivity index (χ1) is 9.93. The molecule has 3 nitrogen and oxygen atoms in total. The van der Waals surface area contributed by atoms with Gasteiger partial charge < -0.3 is 9.47 Å². The summed E-state index contributed by atoms with van der Waals surface area (Å²) in [6.45, 7) is -0.0928. The van der Waals surface area contributed by atoms with Crippen molar-refractivity contribution in [1.29, 1.82) is 0 Å². The quantitative estimate of drug-likeness (QED) is 0.778. The summed E-state index contributed by atoms with van der Waals surface area (Å²) in [6.07, 6.45) is -1.70. The molecule has 1 fully saturated rings. The number of para-hydroxylation sites is 1. The molecule has 0 amide bonds. The van der Waals surface area contributed by atoms with Gasteiger partial charge in [0.1, 0.15) is 12.4 Å². The Labute approximate surface area is 121 Å². The van der Waals surface area contributed by atoms with Crippen LogP contribution in [0.4, 0.5) is 13.2 Å². The standard InChI is InChI=1S/C15H17F3O3/c1-20-14(19)11(10-5-4-6-10)9-21-13-8-3-2-7-12(13)15(16,17)18/h2-3,7-8,10-11H,4-6,9H2,1H3. The molecular formula is C15H17F3O3. The van der Waals surface area contributed by atoms with Gasteiger partial charge in [0, 0.05) is 0 Å². The number of carbonyl (C=O) groups is 1. The number of hydrogen-bond acceptors (Lipinski definition) is 3. The third-order valence-electron chi connectivity index (χ3n) is 3.83. The summed E-state index contributed by atoms with van der Waals surface area (Å²) in [4.78, 5) is 11.7. The third-order valence-corrected chi connectivity index (χ3v) is 3.83. The van der Waals surface area contributed by atoms with Gasteiger partial charge >= 0.3 is 12.1 Å². The monoisotopic (exact) mass is 302 g/mol. The zero-order valence-electron chi connectivity index (χ0n) is 11.7. The van der Waals surface area contributed by atoms with Crippen LogP contribution in [-0.4, -0.2) is 19.7 Å². The zero-order chi connectivity index (χ0) is 15.5. The molecule has 1 aliphatic carbocycles. The maximum absolute atomic E-state index is 12.9. The van der Waals surface area contributed by atoms with E-state index in [-0.39, 0.29) is 18.3 Å². The highest BCUT2D eigenvalue weighted by molar-refractivity contribution is 5.73. The molecular weight excluding hydrogens is 285 g/mol. The van der Waals surface area contributed by atoms with E-state index in [1.54, 1.807) is 0 Å². The van der Waals surface area contributed by atoms with Crippen molar-refractivity contribution < 1.29 is 27.4 Å². The minimum atomic E-state index is -4.48. The first kappa shape index (κ1) is 15.7.